The van der Waals surface area contributed by atoms with Gasteiger partial charge in [0.1, 0.15) is 23.3 Å². The lowest BCUT2D eigenvalue weighted by molar-refractivity contribution is -0.132. The first kappa shape index (κ1) is 24.4. The van der Waals surface area contributed by atoms with E-state index < -0.39 is 17.7 Å². The molecule has 188 valence electrons. The third-order valence-electron chi connectivity index (χ3n) is 6.64. The lowest BCUT2D eigenvalue weighted by atomic mass is 9.84. The number of carbonyl (C=O) groups is 2. The summed E-state index contributed by atoms with van der Waals surface area (Å²) in [6, 6.07) is 21.1. The van der Waals surface area contributed by atoms with Gasteiger partial charge >= 0.3 is 0 Å². The Hall–Kier alpha value is -4.32. The Morgan fingerprint density at radius 1 is 1.00 bits per heavy atom. The number of hydrogen-bond acceptors (Lipinski definition) is 5. The monoisotopic (exact) mass is 495 g/mol. The molecule has 4 aromatic rings. The predicted molar refractivity (Wildman–Crippen MR) is 144 cm³/mol. The van der Waals surface area contributed by atoms with Crippen molar-refractivity contribution in [3.05, 3.63) is 102 Å². The van der Waals surface area contributed by atoms with Crippen molar-refractivity contribution >= 4 is 33.9 Å². The molecule has 6 nitrogen and oxygen atoms in total. The van der Waals surface area contributed by atoms with E-state index in [0.717, 1.165) is 16.3 Å². The van der Waals surface area contributed by atoms with Gasteiger partial charge in [-0.15, -0.1) is 0 Å². The van der Waals surface area contributed by atoms with Gasteiger partial charge in [-0.1, -0.05) is 57.2 Å². The van der Waals surface area contributed by atoms with E-state index in [2.05, 4.69) is 20.8 Å². The van der Waals surface area contributed by atoms with Crippen LogP contribution in [-0.2, 0) is 15.0 Å². The van der Waals surface area contributed by atoms with E-state index in [-0.39, 0.29) is 16.7 Å². The molecule has 5 rings (SSSR count). The van der Waals surface area contributed by atoms with Gasteiger partial charge in [0.05, 0.1) is 24.1 Å². The second-order valence-electron chi connectivity index (χ2n) is 10.1. The second-order valence-corrected chi connectivity index (χ2v) is 10.1. The van der Waals surface area contributed by atoms with E-state index in [1.165, 1.54) is 11.2 Å². The van der Waals surface area contributed by atoms with Crippen molar-refractivity contribution in [1.29, 1.82) is 0 Å². The quantitative estimate of drug-likeness (QED) is 0.188. The van der Waals surface area contributed by atoms with E-state index in [9.17, 15) is 14.7 Å². The third-order valence-corrected chi connectivity index (χ3v) is 6.64. The molecule has 2 heterocycles. The van der Waals surface area contributed by atoms with Crippen molar-refractivity contribution in [2.24, 2.45) is 0 Å². The van der Waals surface area contributed by atoms with Crippen molar-refractivity contribution in [3.63, 3.8) is 0 Å². The molecule has 1 aliphatic heterocycles. The number of anilines is 1. The summed E-state index contributed by atoms with van der Waals surface area (Å²) in [6.07, 6.45) is 1.49. The number of carbonyl (C=O) groups excluding carboxylic acids is 2. The molecule has 0 radical (unpaired) electrons. The number of nitrogens with zero attached hydrogens (tertiary/aromatic N) is 1. The number of benzene rings is 3. The topological polar surface area (TPSA) is 80.0 Å². The SMILES string of the molecule is CCOc1ccc(/C(O)=C2/C(=O)C(=O)N(c3cccc4ccccc34)C2c2ccco2)cc1C(C)(C)C. The number of hydrogen-bond donors (Lipinski definition) is 1. The molecule has 1 saturated heterocycles. The molecule has 1 fully saturated rings. The molecule has 37 heavy (non-hydrogen) atoms. The van der Waals surface area contributed by atoms with Crippen molar-refractivity contribution < 1.29 is 23.8 Å². The molecule has 0 aliphatic carbocycles. The second kappa shape index (κ2) is 9.28. The first-order chi connectivity index (χ1) is 17.7. The van der Waals surface area contributed by atoms with Gasteiger partial charge in [-0.05, 0) is 54.1 Å². The highest BCUT2D eigenvalue weighted by molar-refractivity contribution is 6.52. The number of ether oxygens (including phenoxy) is 1. The number of amides is 1. The summed E-state index contributed by atoms with van der Waals surface area (Å²) in [5, 5.41) is 13.3. The zero-order chi connectivity index (χ0) is 26.3. The number of aliphatic hydroxyl groups excluding tert-OH is 1. The van der Waals surface area contributed by atoms with Crippen LogP contribution in [0.5, 0.6) is 5.75 Å². The van der Waals surface area contributed by atoms with Crippen LogP contribution >= 0.6 is 0 Å². The van der Waals surface area contributed by atoms with Gasteiger partial charge in [-0.3, -0.25) is 14.5 Å². The predicted octanol–water partition coefficient (Wildman–Crippen LogP) is 6.76. The normalized spacial score (nSPS) is 17.5. The molecule has 3 aromatic carbocycles. The third kappa shape index (κ3) is 4.18. The maximum Gasteiger partial charge on any atom is 0.300 e. The van der Waals surface area contributed by atoms with Crippen LogP contribution < -0.4 is 9.64 Å². The molecule has 6 heteroatoms. The Bertz CT molecular complexity index is 1520. The van der Waals surface area contributed by atoms with Crippen molar-refractivity contribution in [2.45, 2.75) is 39.2 Å². The van der Waals surface area contributed by atoms with Crippen LogP contribution in [0.1, 0.15) is 50.6 Å². The first-order valence-electron chi connectivity index (χ1n) is 12.3. The zero-order valence-electron chi connectivity index (χ0n) is 21.3. The van der Waals surface area contributed by atoms with Crippen molar-refractivity contribution in [2.75, 3.05) is 11.5 Å². The molecule has 0 spiro atoms. The molecular weight excluding hydrogens is 466 g/mol. The highest BCUT2D eigenvalue weighted by Gasteiger charge is 2.48. The fraction of sp³-hybridized carbons (Fsp3) is 0.226. The Kier molecular flexibility index (Phi) is 6.12. The number of rotatable bonds is 5. The van der Waals surface area contributed by atoms with Crippen LogP contribution in [0.2, 0.25) is 0 Å². The number of aliphatic hydroxyl groups is 1. The Labute approximate surface area is 215 Å². The molecule has 1 atom stereocenters. The van der Waals surface area contributed by atoms with Gasteiger partial charge in [-0.2, -0.15) is 0 Å². The van der Waals surface area contributed by atoms with Crippen LogP contribution in [0.4, 0.5) is 5.69 Å². The molecule has 1 aromatic heterocycles. The van der Waals surface area contributed by atoms with E-state index in [1.54, 1.807) is 30.3 Å². The summed E-state index contributed by atoms with van der Waals surface area (Å²) in [5.74, 6) is -0.642. The summed E-state index contributed by atoms with van der Waals surface area (Å²) >= 11 is 0. The Morgan fingerprint density at radius 2 is 1.76 bits per heavy atom. The lowest BCUT2D eigenvalue weighted by Gasteiger charge is -2.25. The van der Waals surface area contributed by atoms with Crippen molar-refractivity contribution in [1.82, 2.24) is 0 Å². The van der Waals surface area contributed by atoms with E-state index in [0.29, 0.717) is 29.4 Å². The average molecular weight is 496 g/mol. The largest absolute Gasteiger partial charge is 0.507 e. The van der Waals surface area contributed by atoms with Crippen molar-refractivity contribution in [3.8, 4) is 5.75 Å². The highest BCUT2D eigenvalue weighted by Crippen LogP contribution is 2.45. The van der Waals surface area contributed by atoms with Gasteiger partial charge < -0.3 is 14.3 Å². The number of fused-ring (bicyclic) bond motifs is 1. The minimum atomic E-state index is -0.925. The summed E-state index contributed by atoms with van der Waals surface area (Å²) in [7, 11) is 0. The van der Waals surface area contributed by atoms with Gasteiger partial charge in [0.2, 0.25) is 0 Å². The fourth-order valence-corrected chi connectivity index (χ4v) is 4.92. The molecular formula is C31H29NO5. The van der Waals surface area contributed by atoms with E-state index in [4.69, 9.17) is 9.15 Å². The van der Waals surface area contributed by atoms with E-state index >= 15 is 0 Å². The Balaban J connectivity index is 1.73. The van der Waals surface area contributed by atoms with Gasteiger partial charge in [-0.25, -0.2) is 0 Å². The number of furan rings is 1. The Morgan fingerprint density at radius 3 is 2.46 bits per heavy atom. The molecule has 0 saturated carbocycles. The van der Waals surface area contributed by atoms with Crippen LogP contribution in [0.15, 0.2) is 89.0 Å². The molecule has 1 aliphatic rings. The zero-order valence-corrected chi connectivity index (χ0v) is 21.3. The maximum absolute atomic E-state index is 13.5. The first-order valence-corrected chi connectivity index (χ1v) is 12.3. The van der Waals surface area contributed by atoms with Crippen LogP contribution in [0.3, 0.4) is 0 Å². The van der Waals surface area contributed by atoms with Gasteiger partial charge in [0.25, 0.3) is 11.7 Å². The molecule has 1 N–H and O–H groups in total. The fourth-order valence-electron chi connectivity index (χ4n) is 4.92. The van der Waals surface area contributed by atoms with E-state index in [1.807, 2.05) is 49.4 Å². The molecule has 1 unspecified atom stereocenters. The number of ketones is 1. The average Bonchev–Trinajstić information content (AvgIpc) is 3.50. The molecule has 1 amide bonds. The highest BCUT2D eigenvalue weighted by atomic mass is 16.5. The summed E-state index contributed by atoms with van der Waals surface area (Å²) < 4.78 is 11.5. The number of Topliss-reactive ketones (excluding diaryl/α,β-unsaturated/α-hetero) is 1. The molecule has 0 bridgehead atoms. The van der Waals surface area contributed by atoms with Crippen LogP contribution in [-0.4, -0.2) is 23.4 Å². The van der Waals surface area contributed by atoms with Gasteiger partial charge in [0.15, 0.2) is 0 Å². The maximum atomic E-state index is 13.5. The van der Waals surface area contributed by atoms with Crippen LogP contribution in [0.25, 0.3) is 16.5 Å². The minimum Gasteiger partial charge on any atom is -0.507 e. The summed E-state index contributed by atoms with van der Waals surface area (Å²) in [4.78, 5) is 28.5. The van der Waals surface area contributed by atoms with Crippen LogP contribution in [0, 0.1) is 0 Å². The summed E-state index contributed by atoms with van der Waals surface area (Å²) in [5.41, 5.74) is 1.59. The van der Waals surface area contributed by atoms with Gasteiger partial charge in [0, 0.05) is 16.5 Å². The smallest absolute Gasteiger partial charge is 0.300 e. The minimum absolute atomic E-state index is 0.0168. The lowest BCUT2D eigenvalue weighted by Crippen LogP contribution is -2.29. The summed E-state index contributed by atoms with van der Waals surface area (Å²) in [6.45, 7) is 8.58. The standard InChI is InChI=1S/C31H29NO5/c1-5-36-24-16-15-20(18-22(24)31(2,3)4)28(33)26-27(25-14-9-17-37-25)32(30(35)29(26)34)23-13-8-11-19-10-6-7-12-21(19)23/h6-18,27,33H,5H2,1-4H3/b28-26-.